The van der Waals surface area contributed by atoms with E-state index in [-0.39, 0.29) is 13.2 Å². The first kappa shape index (κ1) is 16.0. The second kappa shape index (κ2) is 7.55. The Morgan fingerprint density at radius 1 is 0.905 bits per heavy atom. The molecule has 0 bridgehead atoms. The van der Waals surface area contributed by atoms with Crippen molar-refractivity contribution in [2.75, 3.05) is 13.2 Å². The minimum atomic E-state index is 0.281. The van der Waals surface area contributed by atoms with E-state index in [1.807, 2.05) is 0 Å². The maximum Gasteiger partial charge on any atom is 0.150 e. The van der Waals surface area contributed by atoms with E-state index in [4.69, 9.17) is 44.3 Å². The molecule has 0 aliphatic rings. The lowest BCUT2D eigenvalue weighted by molar-refractivity contribution is 0.112. The summed E-state index contributed by atoms with van der Waals surface area (Å²) in [6.07, 6.45) is 0.722. The molecule has 0 N–H and O–H groups in total. The van der Waals surface area contributed by atoms with Crippen LogP contribution in [0.4, 0.5) is 0 Å². The first-order chi connectivity index (χ1) is 10.1. The van der Waals surface area contributed by atoms with Crippen molar-refractivity contribution < 1.29 is 14.3 Å². The molecule has 21 heavy (non-hydrogen) atoms. The van der Waals surface area contributed by atoms with Crippen molar-refractivity contribution in [1.82, 2.24) is 0 Å². The van der Waals surface area contributed by atoms with Gasteiger partial charge < -0.3 is 9.47 Å². The summed E-state index contributed by atoms with van der Waals surface area (Å²) in [5.74, 6) is 0.984. The summed E-state index contributed by atoms with van der Waals surface area (Å²) in [7, 11) is 0. The van der Waals surface area contributed by atoms with Gasteiger partial charge in [-0.15, -0.1) is 0 Å². The van der Waals surface area contributed by atoms with E-state index in [1.54, 1.807) is 36.4 Å². The van der Waals surface area contributed by atoms with E-state index in [2.05, 4.69) is 0 Å². The molecule has 3 nitrogen and oxygen atoms in total. The molecule has 0 saturated carbocycles. The van der Waals surface area contributed by atoms with Gasteiger partial charge in [-0.25, -0.2) is 0 Å². The third-order valence-corrected chi connectivity index (χ3v) is 3.70. The second-order valence-electron chi connectivity index (χ2n) is 4.06. The lowest BCUT2D eigenvalue weighted by Crippen LogP contribution is -2.09. The Morgan fingerprint density at radius 2 is 1.62 bits per heavy atom. The van der Waals surface area contributed by atoms with E-state index in [9.17, 15) is 4.79 Å². The van der Waals surface area contributed by atoms with Crippen LogP contribution < -0.4 is 9.47 Å². The molecule has 110 valence electrons. The zero-order valence-electron chi connectivity index (χ0n) is 10.8. The molecule has 2 rings (SSSR count). The van der Waals surface area contributed by atoms with Crippen molar-refractivity contribution in [1.29, 1.82) is 0 Å². The zero-order chi connectivity index (χ0) is 15.2. The molecule has 0 aliphatic carbocycles. The Kier molecular flexibility index (Phi) is 5.74. The summed E-state index contributed by atoms with van der Waals surface area (Å²) in [6, 6.07) is 9.96. The van der Waals surface area contributed by atoms with Crippen LogP contribution in [0.3, 0.4) is 0 Å². The van der Waals surface area contributed by atoms with Crippen LogP contribution in [0.15, 0.2) is 36.4 Å². The summed E-state index contributed by atoms with van der Waals surface area (Å²) >= 11 is 17.9. The predicted octanol–water partition coefficient (Wildman–Crippen LogP) is 4.92. The summed E-state index contributed by atoms with van der Waals surface area (Å²) in [4.78, 5) is 10.6. The SMILES string of the molecule is O=Cc1ccc(OCCOc2cccc(Cl)c2Cl)c(Cl)c1. The normalized spacial score (nSPS) is 10.2. The van der Waals surface area contributed by atoms with Crippen LogP contribution in [-0.2, 0) is 0 Å². The van der Waals surface area contributed by atoms with E-state index < -0.39 is 0 Å². The largest absolute Gasteiger partial charge is 0.488 e. The molecule has 0 unspecified atom stereocenters. The molecular weight excluding hydrogens is 335 g/mol. The van der Waals surface area contributed by atoms with Gasteiger partial charge in [0.15, 0.2) is 0 Å². The number of ether oxygens (including phenoxy) is 2. The lowest BCUT2D eigenvalue weighted by atomic mass is 10.2. The second-order valence-corrected chi connectivity index (χ2v) is 5.25. The topological polar surface area (TPSA) is 35.5 Å². The summed E-state index contributed by atoms with van der Waals surface area (Å²) in [5, 5.41) is 1.18. The highest BCUT2D eigenvalue weighted by atomic mass is 35.5. The van der Waals surface area contributed by atoms with Crippen molar-refractivity contribution in [3.63, 3.8) is 0 Å². The van der Waals surface area contributed by atoms with Crippen molar-refractivity contribution in [2.24, 2.45) is 0 Å². The smallest absolute Gasteiger partial charge is 0.150 e. The standard InChI is InChI=1S/C15H11Cl3O3/c16-11-2-1-3-14(15(11)18)21-7-6-20-13-5-4-10(9-19)8-12(13)17/h1-5,8-9H,6-7H2. The highest BCUT2D eigenvalue weighted by Crippen LogP contribution is 2.31. The Morgan fingerprint density at radius 3 is 2.29 bits per heavy atom. The van der Waals surface area contributed by atoms with Gasteiger partial charge in [0.2, 0.25) is 0 Å². The van der Waals surface area contributed by atoms with Crippen molar-refractivity contribution in [2.45, 2.75) is 0 Å². The van der Waals surface area contributed by atoms with Gasteiger partial charge in [0.05, 0.1) is 10.0 Å². The molecule has 0 aromatic heterocycles. The van der Waals surface area contributed by atoms with Crippen molar-refractivity contribution in [3.05, 3.63) is 57.0 Å². The van der Waals surface area contributed by atoms with E-state index in [0.717, 1.165) is 6.29 Å². The molecule has 0 amide bonds. The fraction of sp³-hybridized carbons (Fsp3) is 0.133. The van der Waals surface area contributed by atoms with E-state index in [1.165, 1.54) is 0 Å². The van der Waals surface area contributed by atoms with Gasteiger partial charge >= 0.3 is 0 Å². The Bertz CT molecular complexity index is 644. The van der Waals surface area contributed by atoms with E-state index in [0.29, 0.717) is 32.1 Å². The number of hydrogen-bond acceptors (Lipinski definition) is 3. The van der Waals surface area contributed by atoms with Crippen LogP contribution in [-0.4, -0.2) is 19.5 Å². The Labute approximate surface area is 137 Å². The van der Waals surface area contributed by atoms with Gasteiger partial charge in [-0.05, 0) is 30.3 Å². The molecule has 0 fully saturated rings. The first-order valence-electron chi connectivity index (χ1n) is 6.06. The summed E-state index contributed by atoms with van der Waals surface area (Å²) in [6.45, 7) is 0.564. The van der Waals surface area contributed by atoms with Crippen molar-refractivity contribution >= 4 is 41.1 Å². The molecule has 0 heterocycles. The average molecular weight is 346 g/mol. The fourth-order valence-electron chi connectivity index (χ4n) is 1.61. The highest BCUT2D eigenvalue weighted by molar-refractivity contribution is 6.42. The zero-order valence-corrected chi connectivity index (χ0v) is 13.1. The van der Waals surface area contributed by atoms with Crippen LogP contribution >= 0.6 is 34.8 Å². The molecule has 0 saturated heterocycles. The third-order valence-electron chi connectivity index (χ3n) is 2.61. The van der Waals surface area contributed by atoms with Crippen LogP contribution in [0.25, 0.3) is 0 Å². The quantitative estimate of drug-likeness (QED) is 0.551. The predicted molar refractivity (Wildman–Crippen MR) is 84.3 cm³/mol. The molecule has 0 aliphatic heterocycles. The van der Waals surface area contributed by atoms with Gasteiger partial charge in [0, 0.05) is 5.56 Å². The Hall–Kier alpha value is -1.42. The Balaban J connectivity index is 1.87. The average Bonchev–Trinajstić information content (AvgIpc) is 2.49. The van der Waals surface area contributed by atoms with Gasteiger partial charge in [-0.2, -0.15) is 0 Å². The molecular formula is C15H11Cl3O3. The maximum atomic E-state index is 10.6. The highest BCUT2D eigenvalue weighted by Gasteiger charge is 2.06. The van der Waals surface area contributed by atoms with Gasteiger partial charge in [0.1, 0.15) is 36.0 Å². The molecule has 0 spiro atoms. The number of carbonyl (C=O) groups excluding carboxylic acids is 1. The van der Waals surface area contributed by atoms with Gasteiger partial charge in [0.25, 0.3) is 0 Å². The fourth-order valence-corrected chi connectivity index (χ4v) is 2.20. The molecule has 0 atom stereocenters. The minimum Gasteiger partial charge on any atom is -0.488 e. The maximum absolute atomic E-state index is 10.6. The molecule has 2 aromatic carbocycles. The van der Waals surface area contributed by atoms with Gasteiger partial charge in [-0.3, -0.25) is 4.79 Å². The van der Waals surface area contributed by atoms with Crippen molar-refractivity contribution in [3.8, 4) is 11.5 Å². The number of hydrogen-bond donors (Lipinski definition) is 0. The summed E-state index contributed by atoms with van der Waals surface area (Å²) < 4.78 is 11.0. The monoisotopic (exact) mass is 344 g/mol. The van der Waals surface area contributed by atoms with Crippen LogP contribution in [0.2, 0.25) is 15.1 Å². The first-order valence-corrected chi connectivity index (χ1v) is 7.19. The van der Waals surface area contributed by atoms with Crippen LogP contribution in [0, 0.1) is 0 Å². The summed E-state index contributed by atoms with van der Waals surface area (Å²) in [5.41, 5.74) is 0.495. The number of aldehydes is 1. The molecule has 2 aromatic rings. The molecule has 6 heteroatoms. The van der Waals surface area contributed by atoms with E-state index >= 15 is 0 Å². The van der Waals surface area contributed by atoms with Crippen LogP contribution in [0.1, 0.15) is 10.4 Å². The number of carbonyl (C=O) groups is 1. The number of halogens is 3. The minimum absolute atomic E-state index is 0.281. The lowest BCUT2D eigenvalue weighted by Gasteiger charge is -2.11. The number of rotatable bonds is 6. The number of benzene rings is 2. The third kappa shape index (κ3) is 4.27. The van der Waals surface area contributed by atoms with Crippen LogP contribution in [0.5, 0.6) is 11.5 Å². The molecule has 0 radical (unpaired) electrons. The van der Waals surface area contributed by atoms with Gasteiger partial charge in [-0.1, -0.05) is 40.9 Å².